The van der Waals surface area contributed by atoms with Gasteiger partial charge in [0.25, 0.3) is 5.91 Å². The van der Waals surface area contributed by atoms with E-state index in [2.05, 4.69) is 5.32 Å². The molecule has 2 aromatic carbocycles. The average Bonchev–Trinajstić information content (AvgIpc) is 2.41. The number of halogens is 1. The van der Waals surface area contributed by atoms with Gasteiger partial charge in [0.2, 0.25) is 0 Å². The van der Waals surface area contributed by atoms with Crippen molar-refractivity contribution in [3.63, 3.8) is 0 Å². The van der Waals surface area contributed by atoms with Crippen LogP contribution in [-0.4, -0.2) is 16.1 Å². The first-order chi connectivity index (χ1) is 9.88. The maximum absolute atomic E-state index is 13.5. The minimum Gasteiger partial charge on any atom is -0.508 e. The van der Waals surface area contributed by atoms with Crippen molar-refractivity contribution in [2.45, 2.75) is 19.9 Å². The minimum atomic E-state index is -0.499. The summed E-state index contributed by atoms with van der Waals surface area (Å²) in [4.78, 5) is 12.1. The molecule has 0 radical (unpaired) electrons. The Kier molecular flexibility index (Phi) is 4.12. The first-order valence-electron chi connectivity index (χ1n) is 6.47. The highest BCUT2D eigenvalue weighted by Gasteiger charge is 2.15. The summed E-state index contributed by atoms with van der Waals surface area (Å²) < 4.78 is 13.5. The SMILES string of the molecule is Cc1ccc(C(C)NC(=O)c2ccc(O)cc2O)cc1F. The molecule has 0 fully saturated rings. The summed E-state index contributed by atoms with van der Waals surface area (Å²) in [5.74, 6) is -1.27. The fourth-order valence-corrected chi connectivity index (χ4v) is 1.95. The van der Waals surface area contributed by atoms with E-state index < -0.39 is 11.9 Å². The molecule has 0 aliphatic heterocycles. The monoisotopic (exact) mass is 289 g/mol. The van der Waals surface area contributed by atoms with Crippen molar-refractivity contribution in [3.05, 3.63) is 58.9 Å². The van der Waals surface area contributed by atoms with Crippen LogP contribution >= 0.6 is 0 Å². The molecular formula is C16H16FNO3. The molecule has 1 unspecified atom stereocenters. The van der Waals surface area contributed by atoms with E-state index in [1.165, 1.54) is 18.2 Å². The molecule has 4 nitrogen and oxygen atoms in total. The van der Waals surface area contributed by atoms with Gasteiger partial charge < -0.3 is 15.5 Å². The number of hydrogen-bond acceptors (Lipinski definition) is 3. The molecule has 3 N–H and O–H groups in total. The molecular weight excluding hydrogens is 273 g/mol. The van der Waals surface area contributed by atoms with E-state index in [0.29, 0.717) is 11.1 Å². The number of phenols is 2. The van der Waals surface area contributed by atoms with Gasteiger partial charge in [-0.3, -0.25) is 4.79 Å². The Hall–Kier alpha value is -2.56. The van der Waals surface area contributed by atoms with Crippen molar-refractivity contribution in [1.82, 2.24) is 5.32 Å². The second-order valence-electron chi connectivity index (χ2n) is 4.91. The predicted molar refractivity (Wildman–Crippen MR) is 76.8 cm³/mol. The first kappa shape index (κ1) is 14.8. The van der Waals surface area contributed by atoms with Gasteiger partial charge in [-0.2, -0.15) is 0 Å². The molecule has 21 heavy (non-hydrogen) atoms. The van der Waals surface area contributed by atoms with Crippen molar-refractivity contribution < 1.29 is 19.4 Å². The molecule has 5 heteroatoms. The van der Waals surface area contributed by atoms with Crippen LogP contribution in [0.2, 0.25) is 0 Å². The Balaban J connectivity index is 2.16. The lowest BCUT2D eigenvalue weighted by molar-refractivity contribution is 0.0937. The maximum atomic E-state index is 13.5. The zero-order valence-electron chi connectivity index (χ0n) is 11.7. The molecule has 0 saturated heterocycles. The average molecular weight is 289 g/mol. The van der Waals surface area contributed by atoms with Crippen LogP contribution in [0.5, 0.6) is 11.5 Å². The van der Waals surface area contributed by atoms with Gasteiger partial charge in [-0.25, -0.2) is 4.39 Å². The number of amides is 1. The molecule has 0 aromatic heterocycles. The summed E-state index contributed by atoms with van der Waals surface area (Å²) in [5, 5.41) is 21.5. The number of carbonyl (C=O) groups excluding carboxylic acids is 1. The lowest BCUT2D eigenvalue weighted by atomic mass is 10.1. The number of hydrogen-bond donors (Lipinski definition) is 3. The van der Waals surface area contributed by atoms with Gasteiger partial charge in [0, 0.05) is 6.07 Å². The molecule has 110 valence electrons. The van der Waals surface area contributed by atoms with Crippen LogP contribution in [0.4, 0.5) is 4.39 Å². The first-order valence-corrected chi connectivity index (χ1v) is 6.47. The van der Waals surface area contributed by atoms with Gasteiger partial charge in [0.15, 0.2) is 0 Å². The molecule has 1 amide bonds. The van der Waals surface area contributed by atoms with Gasteiger partial charge in [0.05, 0.1) is 11.6 Å². The highest BCUT2D eigenvalue weighted by molar-refractivity contribution is 5.97. The zero-order chi connectivity index (χ0) is 15.6. The summed E-state index contributed by atoms with van der Waals surface area (Å²) in [7, 11) is 0. The Morgan fingerprint density at radius 3 is 2.52 bits per heavy atom. The molecule has 1 atom stereocenters. The van der Waals surface area contributed by atoms with E-state index in [0.717, 1.165) is 6.07 Å². The number of nitrogens with one attached hydrogen (secondary N) is 1. The standard InChI is InChI=1S/C16H16FNO3/c1-9-3-4-11(7-14(9)17)10(2)18-16(21)13-6-5-12(19)8-15(13)20/h3-8,10,19-20H,1-2H3,(H,18,21). The predicted octanol–water partition coefficient (Wildman–Crippen LogP) is 3.04. The topological polar surface area (TPSA) is 69.6 Å². The highest BCUT2D eigenvalue weighted by atomic mass is 19.1. The number of benzene rings is 2. The van der Waals surface area contributed by atoms with Crippen LogP contribution in [0.25, 0.3) is 0 Å². The van der Waals surface area contributed by atoms with Gasteiger partial charge in [0.1, 0.15) is 17.3 Å². The summed E-state index contributed by atoms with van der Waals surface area (Å²) in [5.41, 5.74) is 1.21. The third kappa shape index (κ3) is 3.31. The van der Waals surface area contributed by atoms with Crippen LogP contribution in [0.3, 0.4) is 0 Å². The largest absolute Gasteiger partial charge is 0.508 e. The van der Waals surface area contributed by atoms with Crippen LogP contribution in [0, 0.1) is 12.7 Å². The minimum absolute atomic E-state index is 0.0484. The second kappa shape index (κ2) is 5.83. The molecule has 0 aliphatic rings. The van der Waals surface area contributed by atoms with E-state index in [-0.39, 0.29) is 22.9 Å². The van der Waals surface area contributed by atoms with Crippen molar-refractivity contribution in [2.75, 3.05) is 0 Å². The normalized spacial score (nSPS) is 12.0. The van der Waals surface area contributed by atoms with Gasteiger partial charge in [-0.15, -0.1) is 0 Å². The van der Waals surface area contributed by atoms with E-state index in [1.54, 1.807) is 26.0 Å². The van der Waals surface area contributed by atoms with Crippen molar-refractivity contribution >= 4 is 5.91 Å². The fraction of sp³-hybridized carbons (Fsp3) is 0.188. The summed E-state index contributed by atoms with van der Waals surface area (Å²) >= 11 is 0. The molecule has 2 rings (SSSR count). The number of rotatable bonds is 3. The van der Waals surface area contributed by atoms with Gasteiger partial charge in [-0.05, 0) is 43.2 Å². The molecule has 0 heterocycles. The van der Waals surface area contributed by atoms with E-state index in [1.807, 2.05) is 0 Å². The summed E-state index contributed by atoms with van der Waals surface area (Å²) in [6, 6.07) is 8.06. The number of aryl methyl sites for hydroxylation is 1. The lowest BCUT2D eigenvalue weighted by Gasteiger charge is -2.15. The Bertz CT molecular complexity index is 685. The molecule has 0 aliphatic carbocycles. The third-order valence-electron chi connectivity index (χ3n) is 3.27. The van der Waals surface area contributed by atoms with Crippen LogP contribution in [0.15, 0.2) is 36.4 Å². The van der Waals surface area contributed by atoms with Crippen LogP contribution in [-0.2, 0) is 0 Å². The smallest absolute Gasteiger partial charge is 0.255 e. The zero-order valence-corrected chi connectivity index (χ0v) is 11.7. The number of aromatic hydroxyl groups is 2. The van der Waals surface area contributed by atoms with Crippen LogP contribution in [0.1, 0.15) is 34.5 Å². The second-order valence-corrected chi connectivity index (χ2v) is 4.91. The number of carbonyl (C=O) groups is 1. The Morgan fingerprint density at radius 1 is 1.19 bits per heavy atom. The van der Waals surface area contributed by atoms with Gasteiger partial charge >= 0.3 is 0 Å². The van der Waals surface area contributed by atoms with Crippen LogP contribution < -0.4 is 5.32 Å². The highest BCUT2D eigenvalue weighted by Crippen LogP contribution is 2.23. The lowest BCUT2D eigenvalue weighted by Crippen LogP contribution is -2.26. The van der Waals surface area contributed by atoms with Crippen molar-refractivity contribution in [1.29, 1.82) is 0 Å². The molecule has 0 saturated carbocycles. The van der Waals surface area contributed by atoms with Crippen molar-refractivity contribution in [2.24, 2.45) is 0 Å². The Labute approximate surface area is 121 Å². The summed E-state index contributed by atoms with van der Waals surface area (Å²) in [6.45, 7) is 3.39. The van der Waals surface area contributed by atoms with E-state index >= 15 is 0 Å². The third-order valence-corrected chi connectivity index (χ3v) is 3.27. The van der Waals surface area contributed by atoms with Gasteiger partial charge in [-0.1, -0.05) is 12.1 Å². The van der Waals surface area contributed by atoms with Crippen molar-refractivity contribution in [3.8, 4) is 11.5 Å². The quantitative estimate of drug-likeness (QED) is 0.813. The number of phenolic OH excluding ortho intramolecular Hbond substituents is 2. The molecule has 0 bridgehead atoms. The molecule has 0 spiro atoms. The maximum Gasteiger partial charge on any atom is 0.255 e. The summed E-state index contributed by atoms with van der Waals surface area (Å²) in [6.07, 6.45) is 0. The van der Waals surface area contributed by atoms with E-state index in [4.69, 9.17) is 0 Å². The Morgan fingerprint density at radius 2 is 1.90 bits per heavy atom. The molecule has 2 aromatic rings. The van der Waals surface area contributed by atoms with E-state index in [9.17, 15) is 19.4 Å². The fourth-order valence-electron chi connectivity index (χ4n) is 1.95.